The molecule has 0 aromatic rings. The molecule has 0 saturated heterocycles. The third-order valence-electron chi connectivity index (χ3n) is 0. The van der Waals surface area contributed by atoms with E-state index in [1.54, 1.807) is 0 Å². The zero-order valence-corrected chi connectivity index (χ0v) is 35.2. The predicted molar refractivity (Wildman–Crippen MR) is 73.8 cm³/mol. The minimum absolute atomic E-state index is 0. The molecule has 44 heavy (non-hydrogen) atoms. The maximum absolute atomic E-state index is 8.55. The predicted octanol–water partition coefficient (Wildman–Crippen LogP) is -29.6. The van der Waals surface area contributed by atoms with Crippen LogP contribution in [-0.2, 0) is 97.1 Å². The molecule has 0 radical (unpaired) electrons. The fourth-order valence-corrected chi connectivity index (χ4v) is 0. The minimum atomic E-state index is -5.39. The molecule has 0 aliphatic carbocycles. The summed E-state index contributed by atoms with van der Waals surface area (Å²) in [5.74, 6) is 0. The van der Waals surface area contributed by atoms with Crippen molar-refractivity contribution in [3.05, 3.63) is 0 Å². The minimum Gasteiger partial charge on any atom is -1.00 e. The van der Waals surface area contributed by atoms with Crippen LogP contribution in [0.3, 0.4) is 0 Å². The van der Waals surface area contributed by atoms with Crippen LogP contribution < -0.4 is 159 Å². The van der Waals surface area contributed by atoms with Gasteiger partial charge in [0.1, 0.15) is 0 Å². The molecule has 0 rings (SSSR count). The summed E-state index contributed by atoms with van der Waals surface area (Å²) in [7, 11) is -37.7. The van der Waals surface area contributed by atoms with Crippen molar-refractivity contribution >= 4 is 107 Å². The standard InChI is InChI=1S/3Al.3Li.7H3O4P.3Ti.3H/c;;;;;;7*1-5(2,3)4;;;;;;/h;;;;;;7*(H3,1,2,3,4);;;;;;/q3*+3;3*+1;;;;;;;;3*+4;3*-1/p-21. The molecule has 44 heteroatoms. The molecule has 0 N–H and O–H groups in total. The van der Waals surface area contributed by atoms with Gasteiger partial charge in [-0.2, -0.15) is 54.8 Å². The van der Waals surface area contributed by atoms with Gasteiger partial charge in [-0.15, -0.1) is 0 Å². The summed E-state index contributed by atoms with van der Waals surface area (Å²) in [5, 5.41) is 0. The zero-order chi connectivity index (χ0) is 31.5. The molecule has 0 aliphatic rings. The topological polar surface area (TPSA) is 604 Å². The average molecular weight is 913 g/mol. The summed E-state index contributed by atoms with van der Waals surface area (Å²) in [6.45, 7) is 0. The first-order valence-corrected chi connectivity index (χ1v) is 15.3. The third-order valence-corrected chi connectivity index (χ3v) is 0. The second-order valence-electron chi connectivity index (χ2n) is 3.13. The van der Waals surface area contributed by atoms with Gasteiger partial charge in [0.2, 0.25) is 0 Å². The number of hydrogen-bond acceptors (Lipinski definition) is 28. The van der Waals surface area contributed by atoms with Crippen LogP contribution in [0.5, 0.6) is 0 Å². The van der Waals surface area contributed by atoms with Gasteiger partial charge in [0, 0.05) is 0 Å². The maximum atomic E-state index is 8.55. The van der Waals surface area contributed by atoms with Gasteiger partial charge in [-0.05, 0) is 0 Å². The van der Waals surface area contributed by atoms with Gasteiger partial charge in [-0.1, -0.05) is 0 Å². The van der Waals surface area contributed by atoms with Crippen LogP contribution in [0.4, 0.5) is 0 Å². The zero-order valence-electron chi connectivity index (χ0n) is 23.8. The van der Waals surface area contributed by atoms with E-state index in [4.69, 9.17) is 135 Å². The van der Waals surface area contributed by atoms with Crippen LogP contribution in [-0.4, -0.2) is 52.1 Å². The Balaban J connectivity index is -0.0000000110. The molecular formula is H3Al3Li3O28P7Ti3. The first-order chi connectivity index (χ1) is 14.0. The Morgan fingerprint density at radius 2 is 0.227 bits per heavy atom. The normalized spacial score (nSPS) is 9.39. The molecule has 0 heterocycles. The summed E-state index contributed by atoms with van der Waals surface area (Å²) < 4.78 is 59.8. The first kappa shape index (κ1) is 104. The molecule has 0 saturated carbocycles. The molecule has 230 valence electrons. The van der Waals surface area contributed by atoms with Crippen molar-refractivity contribution in [1.29, 1.82) is 0 Å². The fourth-order valence-electron chi connectivity index (χ4n) is 0. The van der Waals surface area contributed by atoms with Crippen LogP contribution >= 0.6 is 54.8 Å². The van der Waals surface area contributed by atoms with Crippen LogP contribution in [0.2, 0.25) is 0 Å². The van der Waals surface area contributed by atoms with E-state index in [9.17, 15) is 0 Å². The number of rotatable bonds is 0. The van der Waals surface area contributed by atoms with E-state index in [1.165, 1.54) is 0 Å². The van der Waals surface area contributed by atoms with E-state index in [2.05, 4.69) is 0 Å². The van der Waals surface area contributed by atoms with Crippen molar-refractivity contribution in [2.24, 2.45) is 0 Å². The monoisotopic (exact) mass is 914 g/mol. The Kier molecular flexibility index (Phi) is 116. The van der Waals surface area contributed by atoms with Crippen molar-refractivity contribution in [3.63, 3.8) is 0 Å². The van der Waals surface area contributed by atoms with Crippen molar-refractivity contribution in [2.45, 2.75) is 0 Å². The largest absolute Gasteiger partial charge is 4.00 e. The molecular weight excluding hydrogens is 910 g/mol. The van der Waals surface area contributed by atoms with Gasteiger partial charge in [0.05, 0.1) is 0 Å². The van der Waals surface area contributed by atoms with Crippen LogP contribution in [0.1, 0.15) is 4.28 Å². The fraction of sp³-hybridized carbons (Fsp3) is 0. The van der Waals surface area contributed by atoms with E-state index in [0.29, 0.717) is 0 Å². The van der Waals surface area contributed by atoms with E-state index < -0.39 is 54.8 Å². The van der Waals surface area contributed by atoms with Gasteiger partial charge in [0.25, 0.3) is 0 Å². The van der Waals surface area contributed by atoms with E-state index in [1.807, 2.05) is 0 Å². The molecule has 0 aromatic carbocycles. The Morgan fingerprint density at radius 3 is 0.227 bits per heavy atom. The second kappa shape index (κ2) is 49.3. The molecule has 0 fully saturated rings. The second-order valence-corrected chi connectivity index (χ2v) is 9.39. The van der Waals surface area contributed by atoms with E-state index >= 15 is 0 Å². The number of hydrogen-bond donors (Lipinski definition) is 0. The molecule has 0 aliphatic heterocycles. The van der Waals surface area contributed by atoms with E-state index in [0.717, 1.165) is 0 Å². The SMILES string of the molecule is O=P([O-])([O-])[O-].O=P([O-])([O-])[O-].O=P([O-])([O-])[O-].O=P([O-])([O-])[O-].O=P([O-])([O-])[O-].O=P([O-])([O-])[O-].O=P([O-])([O-])[O-].[Al+3].[Al+3].[Al+3].[H-].[H-].[H-].[Li+].[Li+].[Li+].[Ti+4].[Ti+4].[Ti+4]. The third kappa shape index (κ3) is 2720. The Morgan fingerprint density at radius 1 is 0.227 bits per heavy atom. The number of phosphoric acid groups is 7. The van der Waals surface area contributed by atoms with Crippen molar-refractivity contribution in [3.8, 4) is 0 Å². The van der Waals surface area contributed by atoms with Gasteiger partial charge in [-0.25, -0.2) is 0 Å². The molecule has 28 nitrogen and oxygen atoms in total. The van der Waals surface area contributed by atoms with Crippen LogP contribution in [0.15, 0.2) is 0 Å². The Hall–Kier alpha value is 6.30. The van der Waals surface area contributed by atoms with E-state index in [-0.39, 0.29) is 178 Å². The molecule has 0 unspecified atom stereocenters. The molecule has 0 spiro atoms. The smallest absolute Gasteiger partial charge is 1.00 e. The first-order valence-electron chi connectivity index (χ1n) is 5.11. The van der Waals surface area contributed by atoms with Gasteiger partial charge < -0.3 is 139 Å². The van der Waals surface area contributed by atoms with Crippen LogP contribution in [0.25, 0.3) is 0 Å². The van der Waals surface area contributed by atoms with Gasteiger partial charge >= 0.3 is 174 Å². The molecule has 0 bridgehead atoms. The molecule has 0 aromatic heterocycles. The van der Waals surface area contributed by atoms with Crippen molar-refractivity contribution in [1.82, 2.24) is 0 Å². The maximum Gasteiger partial charge on any atom is 4.00 e. The molecule has 0 atom stereocenters. The summed E-state index contributed by atoms with van der Waals surface area (Å²) in [6.07, 6.45) is 0. The quantitative estimate of drug-likeness (QED) is 0.161. The van der Waals surface area contributed by atoms with Crippen LogP contribution in [0, 0.1) is 0 Å². The average Bonchev–Trinajstić information content (AvgIpc) is 2.06. The molecule has 0 amide bonds. The summed E-state index contributed by atoms with van der Waals surface area (Å²) in [4.78, 5) is 180. The summed E-state index contributed by atoms with van der Waals surface area (Å²) in [6, 6.07) is 0. The van der Waals surface area contributed by atoms with Crippen molar-refractivity contribution in [2.75, 3.05) is 0 Å². The van der Waals surface area contributed by atoms with Gasteiger partial charge in [-0.3, -0.25) is 0 Å². The Labute approximate surface area is 363 Å². The summed E-state index contributed by atoms with van der Waals surface area (Å²) in [5.41, 5.74) is 0. The summed E-state index contributed by atoms with van der Waals surface area (Å²) >= 11 is 0. The van der Waals surface area contributed by atoms with Crippen molar-refractivity contribution < 1.29 is 261 Å². The Bertz CT molecular complexity index is 608. The van der Waals surface area contributed by atoms with Gasteiger partial charge in [0.15, 0.2) is 0 Å².